The number of benzene rings is 2. The van der Waals surface area contributed by atoms with Crippen LogP contribution in [0.5, 0.6) is 0 Å². The molecule has 0 saturated heterocycles. The molecule has 3 rings (SSSR count). The highest BCUT2D eigenvalue weighted by Crippen LogP contribution is 2.17. The molecule has 1 heterocycles. The number of carbonyl (C=O) groups is 1. The third-order valence-electron chi connectivity index (χ3n) is 4.31. The van der Waals surface area contributed by atoms with E-state index in [1.807, 2.05) is 24.3 Å². The van der Waals surface area contributed by atoms with Crippen molar-refractivity contribution >= 4 is 28.0 Å². The fraction of sp³-hybridized carbons (Fsp3) is 0.409. The van der Waals surface area contributed by atoms with Gasteiger partial charge in [-0.15, -0.1) is 0 Å². The van der Waals surface area contributed by atoms with Gasteiger partial charge in [0, 0.05) is 6.42 Å². The highest BCUT2D eigenvalue weighted by molar-refractivity contribution is 5.86. The number of aliphatic carboxylic acids is 1. The number of aromatic nitrogens is 2. The number of fused-ring (bicyclic) bond motifs is 2. The summed E-state index contributed by atoms with van der Waals surface area (Å²) in [5.74, 6) is -0.991. The van der Waals surface area contributed by atoms with Crippen LogP contribution in [0.25, 0.3) is 22.1 Å². The lowest BCUT2D eigenvalue weighted by Crippen LogP contribution is -1.93. The molecule has 0 fully saturated rings. The fourth-order valence-electron chi connectivity index (χ4n) is 2.84. The summed E-state index contributed by atoms with van der Waals surface area (Å²) in [7, 11) is 0. The third-order valence-corrected chi connectivity index (χ3v) is 4.31. The minimum absolute atomic E-state index is 0.328. The summed E-state index contributed by atoms with van der Waals surface area (Å²) in [6.45, 7) is 2.20. The van der Waals surface area contributed by atoms with Crippen LogP contribution in [0.3, 0.4) is 0 Å². The van der Waals surface area contributed by atoms with E-state index in [1.54, 1.807) is 12.1 Å². The Morgan fingerprint density at radius 3 is 2.11 bits per heavy atom. The number of carboxylic acid groups (broad SMARTS) is 1. The number of nitrogens with zero attached hydrogens (tertiary/aromatic N) is 2. The van der Waals surface area contributed by atoms with Crippen LogP contribution in [0.15, 0.2) is 42.5 Å². The molecule has 0 aliphatic carbocycles. The monoisotopic (exact) mass is 370 g/mol. The second kappa shape index (κ2) is 11.2. The SMILES string of the molecule is CCCCCCCCCC(=O)O.Fc1cccc2nc3ccccc3nc12. The van der Waals surface area contributed by atoms with Crippen molar-refractivity contribution in [2.24, 2.45) is 0 Å². The Morgan fingerprint density at radius 2 is 1.44 bits per heavy atom. The lowest BCUT2D eigenvalue weighted by molar-refractivity contribution is -0.137. The summed E-state index contributed by atoms with van der Waals surface area (Å²) < 4.78 is 13.4. The molecule has 0 aliphatic heterocycles. The third kappa shape index (κ3) is 6.93. The number of hydrogen-bond acceptors (Lipinski definition) is 3. The Morgan fingerprint density at radius 1 is 0.852 bits per heavy atom. The summed E-state index contributed by atoms with van der Waals surface area (Å²) >= 11 is 0. The van der Waals surface area contributed by atoms with Crippen molar-refractivity contribution in [2.45, 2.75) is 58.3 Å². The minimum atomic E-state index is -0.663. The Balaban J connectivity index is 0.000000201. The fourth-order valence-corrected chi connectivity index (χ4v) is 2.84. The predicted molar refractivity (Wildman–Crippen MR) is 107 cm³/mol. The van der Waals surface area contributed by atoms with E-state index in [-0.39, 0.29) is 5.82 Å². The minimum Gasteiger partial charge on any atom is -0.481 e. The van der Waals surface area contributed by atoms with Crippen LogP contribution in [0.2, 0.25) is 0 Å². The van der Waals surface area contributed by atoms with E-state index in [2.05, 4.69) is 16.9 Å². The lowest BCUT2D eigenvalue weighted by atomic mass is 10.1. The van der Waals surface area contributed by atoms with E-state index in [0.717, 1.165) is 23.9 Å². The Bertz CT molecular complexity index is 867. The average Bonchev–Trinajstić information content (AvgIpc) is 2.67. The first-order valence-corrected chi connectivity index (χ1v) is 9.64. The Hall–Kier alpha value is -2.56. The van der Waals surface area contributed by atoms with Crippen molar-refractivity contribution in [3.63, 3.8) is 0 Å². The highest BCUT2D eigenvalue weighted by atomic mass is 19.1. The number of halogens is 1. The van der Waals surface area contributed by atoms with Gasteiger partial charge in [-0.1, -0.05) is 63.6 Å². The van der Waals surface area contributed by atoms with Crippen LogP contribution >= 0.6 is 0 Å². The van der Waals surface area contributed by atoms with Gasteiger partial charge in [0.1, 0.15) is 5.52 Å². The van der Waals surface area contributed by atoms with Gasteiger partial charge in [0.15, 0.2) is 5.82 Å². The van der Waals surface area contributed by atoms with Gasteiger partial charge in [-0.2, -0.15) is 0 Å². The zero-order valence-electron chi connectivity index (χ0n) is 15.8. The zero-order valence-corrected chi connectivity index (χ0v) is 15.8. The lowest BCUT2D eigenvalue weighted by Gasteiger charge is -2.00. The van der Waals surface area contributed by atoms with Crippen molar-refractivity contribution in [2.75, 3.05) is 0 Å². The van der Waals surface area contributed by atoms with Crippen LogP contribution in [0.4, 0.5) is 4.39 Å². The first-order chi connectivity index (χ1) is 13.1. The smallest absolute Gasteiger partial charge is 0.303 e. The first kappa shape index (κ1) is 20.7. The van der Waals surface area contributed by atoms with Crippen LogP contribution < -0.4 is 0 Å². The van der Waals surface area contributed by atoms with E-state index in [9.17, 15) is 9.18 Å². The number of carboxylic acids is 1. The van der Waals surface area contributed by atoms with E-state index in [4.69, 9.17) is 5.11 Å². The second-order valence-electron chi connectivity index (χ2n) is 6.58. The van der Waals surface area contributed by atoms with E-state index in [1.165, 1.54) is 38.2 Å². The summed E-state index contributed by atoms with van der Waals surface area (Å²) in [6, 6.07) is 12.2. The molecule has 0 spiro atoms. The maximum absolute atomic E-state index is 13.4. The van der Waals surface area contributed by atoms with Gasteiger partial charge in [-0.3, -0.25) is 4.79 Å². The number of hydrogen-bond donors (Lipinski definition) is 1. The van der Waals surface area contributed by atoms with E-state index in [0.29, 0.717) is 17.5 Å². The first-order valence-electron chi connectivity index (χ1n) is 9.64. The van der Waals surface area contributed by atoms with Crippen LogP contribution in [0.1, 0.15) is 58.3 Å². The van der Waals surface area contributed by atoms with Gasteiger partial charge in [-0.05, 0) is 30.7 Å². The molecule has 0 aliphatic rings. The van der Waals surface area contributed by atoms with Gasteiger partial charge in [-0.25, -0.2) is 14.4 Å². The van der Waals surface area contributed by atoms with Crippen molar-refractivity contribution in [3.8, 4) is 0 Å². The highest BCUT2D eigenvalue weighted by Gasteiger charge is 2.04. The summed E-state index contributed by atoms with van der Waals surface area (Å²) in [5.41, 5.74) is 2.43. The normalized spacial score (nSPS) is 10.6. The average molecular weight is 370 g/mol. The van der Waals surface area contributed by atoms with E-state index < -0.39 is 5.97 Å². The number of unbranched alkanes of at least 4 members (excludes halogenated alkanes) is 6. The Kier molecular flexibility index (Phi) is 8.62. The summed E-state index contributed by atoms with van der Waals surface area (Å²) in [6.07, 6.45) is 8.64. The molecule has 3 aromatic rings. The van der Waals surface area contributed by atoms with Gasteiger partial charge in [0.2, 0.25) is 0 Å². The van der Waals surface area contributed by atoms with Crippen molar-refractivity contribution in [1.29, 1.82) is 0 Å². The quantitative estimate of drug-likeness (QED) is 0.382. The molecule has 4 nitrogen and oxygen atoms in total. The summed E-state index contributed by atoms with van der Waals surface area (Å²) in [5, 5.41) is 8.35. The standard InChI is InChI=1S/C12H7FN2.C10H20O2/c13-8-4-3-7-11-12(8)15-10-6-2-1-5-9(10)14-11;1-2-3-4-5-6-7-8-9-10(11)12/h1-7H;2-9H2,1H3,(H,11,12). The molecule has 144 valence electrons. The van der Waals surface area contributed by atoms with E-state index >= 15 is 0 Å². The zero-order chi connectivity index (χ0) is 19.5. The molecular weight excluding hydrogens is 343 g/mol. The van der Waals surface area contributed by atoms with Crippen LogP contribution in [-0.4, -0.2) is 21.0 Å². The van der Waals surface area contributed by atoms with Gasteiger partial charge >= 0.3 is 5.97 Å². The van der Waals surface area contributed by atoms with Crippen molar-refractivity contribution < 1.29 is 14.3 Å². The molecule has 0 amide bonds. The predicted octanol–water partition coefficient (Wildman–Crippen LogP) is 6.13. The molecule has 0 unspecified atom stereocenters. The molecule has 0 radical (unpaired) electrons. The van der Waals surface area contributed by atoms with Gasteiger partial charge < -0.3 is 5.11 Å². The topological polar surface area (TPSA) is 63.1 Å². The van der Waals surface area contributed by atoms with Gasteiger partial charge in [0.05, 0.1) is 16.6 Å². The molecule has 0 bridgehead atoms. The van der Waals surface area contributed by atoms with Crippen molar-refractivity contribution in [1.82, 2.24) is 9.97 Å². The molecule has 5 heteroatoms. The molecular formula is C22H27FN2O2. The molecule has 2 aromatic carbocycles. The molecule has 27 heavy (non-hydrogen) atoms. The van der Waals surface area contributed by atoms with Crippen LogP contribution in [-0.2, 0) is 4.79 Å². The maximum atomic E-state index is 13.4. The molecule has 1 aromatic heterocycles. The number of para-hydroxylation sites is 3. The molecule has 0 saturated carbocycles. The Labute approximate surface area is 159 Å². The molecule has 1 N–H and O–H groups in total. The maximum Gasteiger partial charge on any atom is 0.303 e. The summed E-state index contributed by atoms with van der Waals surface area (Å²) in [4.78, 5) is 18.7. The largest absolute Gasteiger partial charge is 0.481 e. The number of rotatable bonds is 8. The van der Waals surface area contributed by atoms with Crippen molar-refractivity contribution in [3.05, 3.63) is 48.3 Å². The van der Waals surface area contributed by atoms with Gasteiger partial charge in [0.25, 0.3) is 0 Å². The van der Waals surface area contributed by atoms with Crippen LogP contribution in [0, 0.1) is 5.82 Å². The second-order valence-corrected chi connectivity index (χ2v) is 6.58. The molecule has 0 atom stereocenters.